The molecule has 1 aromatic heterocycles. The van der Waals surface area contributed by atoms with Crippen molar-refractivity contribution < 1.29 is 0 Å². The average molecular weight is 234 g/mol. The lowest BCUT2D eigenvalue weighted by molar-refractivity contribution is 0.113. The van der Waals surface area contributed by atoms with Crippen molar-refractivity contribution in [3.05, 3.63) is 30.1 Å². The Morgan fingerprint density at radius 2 is 2.29 bits per heavy atom. The highest BCUT2D eigenvalue weighted by atomic mass is 15.3. The van der Waals surface area contributed by atoms with Gasteiger partial charge < -0.3 is 10.2 Å². The molecular weight excluding hydrogens is 212 g/mol. The monoisotopic (exact) mass is 234 g/mol. The lowest BCUT2D eigenvalue weighted by Gasteiger charge is -2.37. The molecule has 0 saturated carbocycles. The standard InChI is InChI=1S/C13H22N4/c1-16-6-7-17(2)13(11-16)10-15-9-12-4-3-5-14-8-12/h3-5,8,13,15H,6-7,9-11H2,1-2H3. The van der Waals surface area contributed by atoms with Crippen LogP contribution in [0.2, 0.25) is 0 Å². The van der Waals surface area contributed by atoms with E-state index in [9.17, 15) is 0 Å². The Balaban J connectivity index is 1.74. The van der Waals surface area contributed by atoms with Crippen molar-refractivity contribution in [2.45, 2.75) is 12.6 Å². The summed E-state index contributed by atoms with van der Waals surface area (Å²) < 4.78 is 0. The van der Waals surface area contributed by atoms with E-state index >= 15 is 0 Å². The first-order valence-corrected chi connectivity index (χ1v) is 6.24. The molecule has 1 aromatic rings. The van der Waals surface area contributed by atoms with Crippen LogP contribution in [0, 0.1) is 0 Å². The largest absolute Gasteiger partial charge is 0.311 e. The molecule has 4 nitrogen and oxygen atoms in total. The van der Waals surface area contributed by atoms with Crippen molar-refractivity contribution in [3.8, 4) is 0 Å². The topological polar surface area (TPSA) is 31.4 Å². The number of pyridine rings is 1. The zero-order valence-corrected chi connectivity index (χ0v) is 10.8. The molecule has 4 heteroatoms. The molecule has 0 bridgehead atoms. The molecule has 0 spiro atoms. The lowest BCUT2D eigenvalue weighted by Crippen LogP contribution is -2.53. The van der Waals surface area contributed by atoms with Crippen LogP contribution < -0.4 is 5.32 Å². The Hall–Kier alpha value is -0.970. The summed E-state index contributed by atoms with van der Waals surface area (Å²) in [6.07, 6.45) is 3.73. The quantitative estimate of drug-likeness (QED) is 0.818. The third-order valence-corrected chi connectivity index (χ3v) is 3.41. The number of nitrogens with zero attached hydrogens (tertiary/aromatic N) is 3. The van der Waals surface area contributed by atoms with Crippen LogP contribution in [0.5, 0.6) is 0 Å². The van der Waals surface area contributed by atoms with Crippen molar-refractivity contribution >= 4 is 0 Å². The zero-order valence-electron chi connectivity index (χ0n) is 10.8. The number of nitrogens with one attached hydrogen (secondary N) is 1. The summed E-state index contributed by atoms with van der Waals surface area (Å²) in [7, 11) is 4.41. The molecule has 0 amide bonds. The Morgan fingerprint density at radius 3 is 3.06 bits per heavy atom. The Bertz CT molecular complexity index is 327. The minimum atomic E-state index is 0.616. The second kappa shape index (κ2) is 6.10. The van der Waals surface area contributed by atoms with Gasteiger partial charge in [-0.2, -0.15) is 0 Å². The summed E-state index contributed by atoms with van der Waals surface area (Å²) in [6.45, 7) is 5.43. The first-order chi connectivity index (χ1) is 8.25. The predicted molar refractivity (Wildman–Crippen MR) is 69.9 cm³/mol. The summed E-state index contributed by atoms with van der Waals surface area (Å²) >= 11 is 0. The molecular formula is C13H22N4. The average Bonchev–Trinajstić information content (AvgIpc) is 2.35. The van der Waals surface area contributed by atoms with Crippen LogP contribution in [0.1, 0.15) is 5.56 Å². The van der Waals surface area contributed by atoms with Crippen LogP contribution in [-0.4, -0.2) is 61.1 Å². The summed E-state index contributed by atoms with van der Waals surface area (Å²) in [5.74, 6) is 0. The Morgan fingerprint density at radius 1 is 1.41 bits per heavy atom. The molecule has 0 aromatic carbocycles. The van der Waals surface area contributed by atoms with Gasteiger partial charge in [0.25, 0.3) is 0 Å². The van der Waals surface area contributed by atoms with Gasteiger partial charge in [0, 0.05) is 51.2 Å². The third kappa shape index (κ3) is 3.77. The molecule has 1 aliphatic heterocycles. The smallest absolute Gasteiger partial charge is 0.0345 e. The maximum Gasteiger partial charge on any atom is 0.0345 e. The van der Waals surface area contributed by atoms with Crippen molar-refractivity contribution in [1.29, 1.82) is 0 Å². The first-order valence-electron chi connectivity index (χ1n) is 6.24. The van der Waals surface area contributed by atoms with Crippen LogP contribution in [0.4, 0.5) is 0 Å². The normalized spacial score (nSPS) is 22.8. The highest BCUT2D eigenvalue weighted by molar-refractivity contribution is 5.07. The van der Waals surface area contributed by atoms with Gasteiger partial charge in [-0.3, -0.25) is 9.88 Å². The molecule has 0 aliphatic carbocycles. The van der Waals surface area contributed by atoms with Crippen LogP contribution >= 0.6 is 0 Å². The van der Waals surface area contributed by atoms with E-state index in [1.165, 1.54) is 12.1 Å². The molecule has 2 rings (SSSR count). The fourth-order valence-electron chi connectivity index (χ4n) is 2.21. The lowest BCUT2D eigenvalue weighted by atomic mass is 10.2. The number of likely N-dealkylation sites (N-methyl/N-ethyl adjacent to an activating group) is 2. The molecule has 1 unspecified atom stereocenters. The van der Waals surface area contributed by atoms with E-state index in [2.05, 4.69) is 40.3 Å². The van der Waals surface area contributed by atoms with Crippen molar-refractivity contribution in [2.75, 3.05) is 40.3 Å². The van der Waals surface area contributed by atoms with Gasteiger partial charge in [-0.25, -0.2) is 0 Å². The van der Waals surface area contributed by atoms with E-state index in [1.54, 1.807) is 0 Å². The van der Waals surface area contributed by atoms with Crippen LogP contribution in [0.3, 0.4) is 0 Å². The molecule has 1 fully saturated rings. The van der Waals surface area contributed by atoms with E-state index in [4.69, 9.17) is 0 Å². The van der Waals surface area contributed by atoms with E-state index < -0.39 is 0 Å². The second-order valence-corrected chi connectivity index (χ2v) is 4.89. The molecule has 17 heavy (non-hydrogen) atoms. The van der Waals surface area contributed by atoms with Crippen molar-refractivity contribution in [1.82, 2.24) is 20.1 Å². The van der Waals surface area contributed by atoms with Gasteiger partial charge in [0.05, 0.1) is 0 Å². The number of aromatic nitrogens is 1. The predicted octanol–water partition coefficient (Wildman–Crippen LogP) is 0.417. The number of rotatable bonds is 4. The van der Waals surface area contributed by atoms with E-state index in [0.717, 1.165) is 26.2 Å². The molecule has 1 atom stereocenters. The summed E-state index contributed by atoms with van der Waals surface area (Å²) in [5, 5.41) is 3.51. The molecule has 2 heterocycles. The summed E-state index contributed by atoms with van der Waals surface area (Å²) in [6, 6.07) is 4.71. The molecule has 0 radical (unpaired) electrons. The number of hydrogen-bond acceptors (Lipinski definition) is 4. The minimum absolute atomic E-state index is 0.616. The molecule has 1 N–H and O–H groups in total. The van der Waals surface area contributed by atoms with E-state index in [1.807, 2.05) is 18.5 Å². The van der Waals surface area contributed by atoms with Gasteiger partial charge in [-0.05, 0) is 25.7 Å². The molecule has 1 aliphatic rings. The Kier molecular flexibility index (Phi) is 4.48. The second-order valence-electron chi connectivity index (χ2n) is 4.89. The molecule has 94 valence electrons. The maximum absolute atomic E-state index is 4.12. The van der Waals surface area contributed by atoms with Gasteiger partial charge >= 0.3 is 0 Å². The highest BCUT2D eigenvalue weighted by Gasteiger charge is 2.21. The maximum atomic E-state index is 4.12. The van der Waals surface area contributed by atoms with Gasteiger partial charge in [0.2, 0.25) is 0 Å². The fourth-order valence-corrected chi connectivity index (χ4v) is 2.21. The summed E-state index contributed by atoms with van der Waals surface area (Å²) in [4.78, 5) is 8.96. The van der Waals surface area contributed by atoms with E-state index in [-0.39, 0.29) is 0 Å². The highest BCUT2D eigenvalue weighted by Crippen LogP contribution is 2.05. The first kappa shape index (κ1) is 12.5. The third-order valence-electron chi connectivity index (χ3n) is 3.41. The van der Waals surface area contributed by atoms with Crippen LogP contribution in [0.25, 0.3) is 0 Å². The number of piperazine rings is 1. The fraction of sp³-hybridized carbons (Fsp3) is 0.615. The minimum Gasteiger partial charge on any atom is -0.311 e. The van der Waals surface area contributed by atoms with Gasteiger partial charge in [0.1, 0.15) is 0 Å². The SMILES string of the molecule is CN1CCN(C)C(CNCc2cccnc2)C1. The van der Waals surface area contributed by atoms with Crippen molar-refractivity contribution in [3.63, 3.8) is 0 Å². The van der Waals surface area contributed by atoms with Gasteiger partial charge in [-0.1, -0.05) is 6.07 Å². The van der Waals surface area contributed by atoms with Gasteiger partial charge in [-0.15, -0.1) is 0 Å². The van der Waals surface area contributed by atoms with Gasteiger partial charge in [0.15, 0.2) is 0 Å². The van der Waals surface area contributed by atoms with Crippen molar-refractivity contribution in [2.24, 2.45) is 0 Å². The summed E-state index contributed by atoms with van der Waals surface area (Å²) in [5.41, 5.74) is 1.25. The number of hydrogen-bond donors (Lipinski definition) is 1. The zero-order chi connectivity index (χ0) is 12.1. The van der Waals surface area contributed by atoms with E-state index in [0.29, 0.717) is 6.04 Å². The molecule has 1 saturated heterocycles. The van der Waals surface area contributed by atoms with Crippen LogP contribution in [-0.2, 0) is 6.54 Å². The Labute approximate surface area is 104 Å². The van der Waals surface area contributed by atoms with Crippen LogP contribution in [0.15, 0.2) is 24.5 Å².